The zero-order valence-corrected chi connectivity index (χ0v) is 14.0. The summed E-state index contributed by atoms with van der Waals surface area (Å²) in [7, 11) is 1.35. The third kappa shape index (κ3) is 3.04. The van der Waals surface area contributed by atoms with Gasteiger partial charge in [-0.2, -0.15) is 0 Å². The van der Waals surface area contributed by atoms with Crippen molar-refractivity contribution >= 4 is 28.2 Å². The predicted octanol–water partition coefficient (Wildman–Crippen LogP) is 3.97. The molecule has 1 aromatic heterocycles. The number of ether oxygens (including phenoxy) is 1. The number of thiophene rings is 1. The SMILES string of the molecule is CCc1c(C)sc(NC(=O)c2ccccc2C)c1C(=O)OC. The van der Waals surface area contributed by atoms with Crippen molar-refractivity contribution in [2.75, 3.05) is 12.4 Å². The molecule has 0 atom stereocenters. The first-order valence-corrected chi connectivity index (χ1v) is 7.88. The molecule has 1 amide bonds. The molecule has 4 nitrogen and oxygen atoms in total. The summed E-state index contributed by atoms with van der Waals surface area (Å²) in [5.41, 5.74) is 2.89. The van der Waals surface area contributed by atoms with Crippen molar-refractivity contribution in [3.63, 3.8) is 0 Å². The van der Waals surface area contributed by atoms with E-state index < -0.39 is 5.97 Å². The van der Waals surface area contributed by atoms with Gasteiger partial charge in [-0.05, 0) is 37.5 Å². The molecule has 0 saturated heterocycles. The maximum Gasteiger partial charge on any atom is 0.341 e. The third-order valence-corrected chi connectivity index (χ3v) is 4.63. The van der Waals surface area contributed by atoms with E-state index in [1.54, 1.807) is 6.07 Å². The molecule has 5 heteroatoms. The number of hydrogen-bond acceptors (Lipinski definition) is 4. The normalized spacial score (nSPS) is 10.4. The summed E-state index contributed by atoms with van der Waals surface area (Å²) in [6.07, 6.45) is 0.715. The van der Waals surface area contributed by atoms with Crippen molar-refractivity contribution in [3.8, 4) is 0 Å². The Balaban J connectivity index is 2.40. The summed E-state index contributed by atoms with van der Waals surface area (Å²) >= 11 is 1.41. The van der Waals surface area contributed by atoms with Crippen LogP contribution in [-0.4, -0.2) is 19.0 Å². The average molecular weight is 317 g/mol. The van der Waals surface area contributed by atoms with Gasteiger partial charge in [0.25, 0.3) is 5.91 Å². The van der Waals surface area contributed by atoms with Gasteiger partial charge in [0, 0.05) is 10.4 Å². The van der Waals surface area contributed by atoms with Gasteiger partial charge in [-0.25, -0.2) is 4.79 Å². The number of amides is 1. The van der Waals surface area contributed by atoms with Crippen molar-refractivity contribution < 1.29 is 14.3 Å². The fourth-order valence-electron chi connectivity index (χ4n) is 2.41. The molecule has 0 aliphatic heterocycles. The van der Waals surface area contributed by atoms with Gasteiger partial charge in [-0.15, -0.1) is 11.3 Å². The molecular weight excluding hydrogens is 298 g/mol. The molecule has 0 aliphatic rings. The van der Waals surface area contributed by atoms with Gasteiger partial charge in [0.2, 0.25) is 0 Å². The average Bonchev–Trinajstić information content (AvgIpc) is 2.82. The number of anilines is 1. The quantitative estimate of drug-likeness (QED) is 0.868. The molecule has 0 unspecified atom stereocenters. The molecule has 1 heterocycles. The summed E-state index contributed by atoms with van der Waals surface area (Å²) in [6, 6.07) is 7.35. The number of rotatable bonds is 4. The molecule has 0 bridgehead atoms. The van der Waals surface area contributed by atoms with E-state index in [9.17, 15) is 9.59 Å². The van der Waals surface area contributed by atoms with Gasteiger partial charge in [0.05, 0.1) is 12.7 Å². The highest BCUT2D eigenvalue weighted by Crippen LogP contribution is 2.34. The van der Waals surface area contributed by atoms with Crippen molar-refractivity contribution in [1.29, 1.82) is 0 Å². The fourth-order valence-corrected chi connectivity index (χ4v) is 3.54. The molecule has 116 valence electrons. The van der Waals surface area contributed by atoms with Crippen LogP contribution >= 0.6 is 11.3 Å². The summed E-state index contributed by atoms with van der Waals surface area (Å²) in [5.74, 6) is -0.631. The molecule has 0 radical (unpaired) electrons. The first-order chi connectivity index (χ1) is 10.5. The molecule has 2 rings (SSSR count). The number of methoxy groups -OCH3 is 1. The lowest BCUT2D eigenvalue weighted by atomic mass is 10.1. The van der Waals surface area contributed by atoms with Crippen LogP contribution in [0.15, 0.2) is 24.3 Å². The highest BCUT2D eigenvalue weighted by molar-refractivity contribution is 7.16. The Labute approximate surface area is 134 Å². The fraction of sp³-hybridized carbons (Fsp3) is 0.294. The summed E-state index contributed by atoms with van der Waals surface area (Å²) in [5, 5.41) is 3.41. The molecule has 0 saturated carbocycles. The number of carbonyl (C=O) groups is 2. The van der Waals surface area contributed by atoms with Crippen LogP contribution in [0.2, 0.25) is 0 Å². The molecule has 0 fully saturated rings. The maximum absolute atomic E-state index is 12.5. The predicted molar refractivity (Wildman–Crippen MR) is 88.9 cm³/mol. The Morgan fingerprint density at radius 1 is 1.23 bits per heavy atom. The van der Waals surface area contributed by atoms with Crippen LogP contribution in [0.1, 0.15) is 43.6 Å². The zero-order valence-electron chi connectivity index (χ0n) is 13.1. The van der Waals surface area contributed by atoms with Crippen molar-refractivity contribution in [1.82, 2.24) is 0 Å². The number of benzene rings is 1. The number of aryl methyl sites for hydroxylation is 2. The Bertz CT molecular complexity index is 719. The lowest BCUT2D eigenvalue weighted by Crippen LogP contribution is -2.15. The van der Waals surface area contributed by atoms with E-state index in [1.807, 2.05) is 39.0 Å². The second-order valence-corrected chi connectivity index (χ2v) is 6.18. The van der Waals surface area contributed by atoms with Crippen LogP contribution in [0.3, 0.4) is 0 Å². The van der Waals surface area contributed by atoms with Crippen LogP contribution in [0, 0.1) is 13.8 Å². The lowest BCUT2D eigenvalue weighted by Gasteiger charge is -2.08. The van der Waals surface area contributed by atoms with E-state index in [0.717, 1.165) is 16.0 Å². The molecule has 2 aromatic rings. The van der Waals surface area contributed by atoms with Gasteiger partial charge >= 0.3 is 5.97 Å². The molecular formula is C17H19NO3S. The molecule has 0 spiro atoms. The van der Waals surface area contributed by atoms with Gasteiger partial charge in [0.15, 0.2) is 0 Å². The maximum atomic E-state index is 12.5. The van der Waals surface area contributed by atoms with E-state index in [-0.39, 0.29) is 5.91 Å². The van der Waals surface area contributed by atoms with Gasteiger partial charge in [-0.1, -0.05) is 25.1 Å². The summed E-state index contributed by atoms with van der Waals surface area (Å²) in [6.45, 7) is 5.81. The van der Waals surface area contributed by atoms with Crippen LogP contribution in [0.25, 0.3) is 0 Å². The van der Waals surface area contributed by atoms with Gasteiger partial charge < -0.3 is 10.1 Å². The second kappa shape index (κ2) is 6.75. The zero-order chi connectivity index (χ0) is 16.3. The van der Waals surface area contributed by atoms with Gasteiger partial charge in [0.1, 0.15) is 5.00 Å². The largest absolute Gasteiger partial charge is 0.465 e. The Morgan fingerprint density at radius 2 is 1.91 bits per heavy atom. The molecule has 1 N–H and O–H groups in total. The Morgan fingerprint density at radius 3 is 2.50 bits per heavy atom. The van der Waals surface area contributed by atoms with Crippen molar-refractivity contribution in [2.24, 2.45) is 0 Å². The van der Waals surface area contributed by atoms with Crippen LogP contribution in [-0.2, 0) is 11.2 Å². The number of nitrogens with one attached hydrogen (secondary N) is 1. The summed E-state index contributed by atoms with van der Waals surface area (Å²) in [4.78, 5) is 25.5. The van der Waals surface area contributed by atoms with E-state index in [2.05, 4.69) is 5.32 Å². The molecule has 22 heavy (non-hydrogen) atoms. The minimum atomic E-state index is -0.415. The van der Waals surface area contributed by atoms with Crippen LogP contribution in [0.5, 0.6) is 0 Å². The minimum Gasteiger partial charge on any atom is -0.465 e. The Hall–Kier alpha value is -2.14. The number of esters is 1. The first-order valence-electron chi connectivity index (χ1n) is 7.07. The van der Waals surface area contributed by atoms with E-state index in [1.165, 1.54) is 18.4 Å². The third-order valence-electron chi connectivity index (χ3n) is 3.57. The van der Waals surface area contributed by atoms with Gasteiger partial charge in [-0.3, -0.25) is 4.79 Å². The molecule has 1 aromatic carbocycles. The van der Waals surface area contributed by atoms with Crippen molar-refractivity contribution in [2.45, 2.75) is 27.2 Å². The Kier molecular flexibility index (Phi) is 4.98. The van der Waals surface area contributed by atoms with E-state index in [4.69, 9.17) is 4.74 Å². The highest BCUT2D eigenvalue weighted by atomic mass is 32.1. The monoisotopic (exact) mass is 317 g/mol. The standard InChI is InChI=1S/C17H19NO3S/c1-5-12-11(3)22-16(14(12)17(20)21-4)18-15(19)13-9-7-6-8-10(13)2/h6-9H,5H2,1-4H3,(H,18,19). The number of hydrogen-bond donors (Lipinski definition) is 1. The first kappa shape index (κ1) is 16.2. The van der Waals surface area contributed by atoms with Crippen LogP contribution in [0.4, 0.5) is 5.00 Å². The lowest BCUT2D eigenvalue weighted by molar-refractivity contribution is 0.0601. The van der Waals surface area contributed by atoms with E-state index >= 15 is 0 Å². The topological polar surface area (TPSA) is 55.4 Å². The summed E-state index contributed by atoms with van der Waals surface area (Å²) < 4.78 is 4.86. The van der Waals surface area contributed by atoms with Crippen LogP contribution < -0.4 is 5.32 Å². The second-order valence-electron chi connectivity index (χ2n) is 4.96. The van der Waals surface area contributed by atoms with E-state index in [0.29, 0.717) is 22.5 Å². The number of carbonyl (C=O) groups excluding carboxylic acids is 2. The highest BCUT2D eigenvalue weighted by Gasteiger charge is 2.23. The minimum absolute atomic E-state index is 0.216. The smallest absolute Gasteiger partial charge is 0.341 e. The van der Waals surface area contributed by atoms with Crippen molar-refractivity contribution in [3.05, 3.63) is 51.4 Å². The molecule has 0 aliphatic carbocycles.